The first-order valence-corrected chi connectivity index (χ1v) is 6.34. The smallest absolute Gasteiger partial charge is 0.119 e. The predicted octanol–water partition coefficient (Wildman–Crippen LogP) is 2.60. The SMILES string of the molecule is CCC(N)COCCCCOc1ccccc1. The molecule has 0 spiro atoms. The maximum Gasteiger partial charge on any atom is 0.119 e. The van der Waals surface area contributed by atoms with Crippen LogP contribution in [-0.2, 0) is 4.74 Å². The zero-order valence-corrected chi connectivity index (χ0v) is 10.6. The van der Waals surface area contributed by atoms with Gasteiger partial charge in [-0.05, 0) is 31.4 Å². The molecule has 0 amide bonds. The molecule has 0 aromatic heterocycles. The zero-order valence-electron chi connectivity index (χ0n) is 10.6. The maximum atomic E-state index is 5.74. The first-order valence-electron chi connectivity index (χ1n) is 6.34. The van der Waals surface area contributed by atoms with Crippen molar-refractivity contribution in [3.63, 3.8) is 0 Å². The molecule has 1 aromatic carbocycles. The predicted molar refractivity (Wildman–Crippen MR) is 70.3 cm³/mol. The molecule has 17 heavy (non-hydrogen) atoms. The standard InChI is InChI=1S/C14H23NO2/c1-2-13(15)12-16-10-6-7-11-17-14-8-4-3-5-9-14/h3-5,8-9,13H,2,6-7,10-12,15H2,1H3. The highest BCUT2D eigenvalue weighted by atomic mass is 16.5. The Morgan fingerprint density at radius 2 is 1.82 bits per heavy atom. The molecule has 0 fully saturated rings. The maximum absolute atomic E-state index is 5.74. The van der Waals surface area contributed by atoms with Crippen LogP contribution in [-0.4, -0.2) is 25.9 Å². The van der Waals surface area contributed by atoms with Crippen LogP contribution in [0.5, 0.6) is 5.75 Å². The Morgan fingerprint density at radius 3 is 2.53 bits per heavy atom. The van der Waals surface area contributed by atoms with Crippen LogP contribution in [0.4, 0.5) is 0 Å². The zero-order chi connectivity index (χ0) is 12.3. The van der Waals surface area contributed by atoms with Crippen molar-refractivity contribution in [1.29, 1.82) is 0 Å². The number of unbranched alkanes of at least 4 members (excludes halogenated alkanes) is 1. The van der Waals surface area contributed by atoms with Crippen LogP contribution in [0.2, 0.25) is 0 Å². The summed E-state index contributed by atoms with van der Waals surface area (Å²) in [5.41, 5.74) is 5.74. The molecule has 0 aliphatic heterocycles. The largest absolute Gasteiger partial charge is 0.494 e. The second kappa shape index (κ2) is 9.02. The van der Waals surface area contributed by atoms with Crippen LogP contribution in [0.25, 0.3) is 0 Å². The van der Waals surface area contributed by atoms with Gasteiger partial charge in [-0.2, -0.15) is 0 Å². The van der Waals surface area contributed by atoms with Gasteiger partial charge in [-0.15, -0.1) is 0 Å². The molecular weight excluding hydrogens is 214 g/mol. The molecule has 3 nitrogen and oxygen atoms in total. The topological polar surface area (TPSA) is 44.5 Å². The molecule has 0 saturated heterocycles. The summed E-state index contributed by atoms with van der Waals surface area (Å²) < 4.78 is 11.0. The number of para-hydroxylation sites is 1. The molecular formula is C14H23NO2. The molecule has 3 heteroatoms. The average molecular weight is 237 g/mol. The summed E-state index contributed by atoms with van der Waals surface area (Å²) >= 11 is 0. The van der Waals surface area contributed by atoms with E-state index < -0.39 is 0 Å². The number of ether oxygens (including phenoxy) is 2. The minimum atomic E-state index is 0.176. The lowest BCUT2D eigenvalue weighted by molar-refractivity contribution is 0.113. The third-order valence-corrected chi connectivity index (χ3v) is 2.55. The van der Waals surface area contributed by atoms with Gasteiger partial charge in [0.05, 0.1) is 13.2 Å². The number of benzene rings is 1. The van der Waals surface area contributed by atoms with E-state index in [0.717, 1.165) is 38.2 Å². The number of hydrogen-bond donors (Lipinski definition) is 1. The Bertz CT molecular complexity index is 277. The van der Waals surface area contributed by atoms with Gasteiger partial charge < -0.3 is 15.2 Å². The van der Waals surface area contributed by atoms with Crippen molar-refractivity contribution in [1.82, 2.24) is 0 Å². The fraction of sp³-hybridized carbons (Fsp3) is 0.571. The summed E-state index contributed by atoms with van der Waals surface area (Å²) in [5, 5.41) is 0. The van der Waals surface area contributed by atoms with Gasteiger partial charge in [0.25, 0.3) is 0 Å². The van der Waals surface area contributed by atoms with Gasteiger partial charge in [-0.1, -0.05) is 25.1 Å². The summed E-state index contributed by atoms with van der Waals surface area (Å²) in [7, 11) is 0. The van der Waals surface area contributed by atoms with E-state index in [9.17, 15) is 0 Å². The molecule has 0 aliphatic rings. The van der Waals surface area contributed by atoms with E-state index >= 15 is 0 Å². The first-order chi connectivity index (χ1) is 8.33. The number of rotatable bonds is 9. The molecule has 1 atom stereocenters. The minimum Gasteiger partial charge on any atom is -0.494 e. The second-order valence-corrected chi connectivity index (χ2v) is 4.11. The molecule has 0 saturated carbocycles. The van der Waals surface area contributed by atoms with Gasteiger partial charge in [-0.3, -0.25) is 0 Å². The molecule has 2 N–H and O–H groups in total. The quantitative estimate of drug-likeness (QED) is 0.671. The van der Waals surface area contributed by atoms with E-state index in [1.54, 1.807) is 0 Å². The van der Waals surface area contributed by atoms with Gasteiger partial charge in [0, 0.05) is 12.6 Å². The molecule has 0 aliphatic carbocycles. The van der Waals surface area contributed by atoms with Crippen molar-refractivity contribution in [2.75, 3.05) is 19.8 Å². The lowest BCUT2D eigenvalue weighted by atomic mass is 10.2. The van der Waals surface area contributed by atoms with Gasteiger partial charge in [0.1, 0.15) is 5.75 Å². The van der Waals surface area contributed by atoms with Gasteiger partial charge in [0.2, 0.25) is 0 Å². The van der Waals surface area contributed by atoms with Gasteiger partial charge in [0.15, 0.2) is 0 Å². The number of nitrogens with two attached hydrogens (primary N) is 1. The molecule has 1 rings (SSSR count). The molecule has 96 valence electrons. The first kappa shape index (κ1) is 14.0. The lowest BCUT2D eigenvalue weighted by Gasteiger charge is -2.09. The van der Waals surface area contributed by atoms with E-state index in [2.05, 4.69) is 6.92 Å². The third-order valence-electron chi connectivity index (χ3n) is 2.55. The summed E-state index contributed by atoms with van der Waals surface area (Å²) in [6, 6.07) is 10.1. The summed E-state index contributed by atoms with van der Waals surface area (Å²) in [6.45, 7) is 4.25. The molecule has 0 radical (unpaired) electrons. The van der Waals surface area contributed by atoms with E-state index in [-0.39, 0.29) is 6.04 Å². The van der Waals surface area contributed by atoms with E-state index in [1.165, 1.54) is 0 Å². The van der Waals surface area contributed by atoms with Crippen molar-refractivity contribution in [2.45, 2.75) is 32.2 Å². The fourth-order valence-corrected chi connectivity index (χ4v) is 1.37. The van der Waals surface area contributed by atoms with Crippen molar-refractivity contribution in [3.8, 4) is 5.75 Å². The summed E-state index contributed by atoms with van der Waals surface area (Å²) in [4.78, 5) is 0. The van der Waals surface area contributed by atoms with Crippen molar-refractivity contribution in [2.24, 2.45) is 5.73 Å². The average Bonchev–Trinajstić information content (AvgIpc) is 2.38. The van der Waals surface area contributed by atoms with Crippen LogP contribution in [0.3, 0.4) is 0 Å². The Morgan fingerprint density at radius 1 is 1.12 bits per heavy atom. The van der Waals surface area contributed by atoms with Gasteiger partial charge >= 0.3 is 0 Å². The van der Waals surface area contributed by atoms with Crippen LogP contribution in [0.1, 0.15) is 26.2 Å². The van der Waals surface area contributed by atoms with Crippen molar-refractivity contribution >= 4 is 0 Å². The highest BCUT2D eigenvalue weighted by Gasteiger charge is 1.98. The van der Waals surface area contributed by atoms with Crippen LogP contribution in [0, 0.1) is 0 Å². The second-order valence-electron chi connectivity index (χ2n) is 4.11. The minimum absolute atomic E-state index is 0.176. The Labute approximate surface area is 104 Å². The lowest BCUT2D eigenvalue weighted by Crippen LogP contribution is -2.25. The van der Waals surface area contributed by atoms with Gasteiger partial charge in [-0.25, -0.2) is 0 Å². The monoisotopic (exact) mass is 237 g/mol. The fourth-order valence-electron chi connectivity index (χ4n) is 1.37. The summed E-state index contributed by atoms with van der Waals surface area (Å²) in [6.07, 6.45) is 3.00. The highest BCUT2D eigenvalue weighted by Crippen LogP contribution is 2.08. The Balaban J connectivity index is 1.91. The Kier molecular flexibility index (Phi) is 7.43. The molecule has 1 aromatic rings. The van der Waals surface area contributed by atoms with E-state index in [4.69, 9.17) is 15.2 Å². The molecule has 1 unspecified atom stereocenters. The van der Waals surface area contributed by atoms with Crippen molar-refractivity contribution in [3.05, 3.63) is 30.3 Å². The Hall–Kier alpha value is -1.06. The van der Waals surface area contributed by atoms with Crippen LogP contribution in [0.15, 0.2) is 30.3 Å². The molecule has 0 heterocycles. The highest BCUT2D eigenvalue weighted by molar-refractivity contribution is 5.20. The normalized spacial score (nSPS) is 12.4. The van der Waals surface area contributed by atoms with Crippen molar-refractivity contribution < 1.29 is 9.47 Å². The number of hydrogen-bond acceptors (Lipinski definition) is 3. The third kappa shape index (κ3) is 6.97. The molecule has 0 bridgehead atoms. The summed E-state index contributed by atoms with van der Waals surface area (Å²) in [5.74, 6) is 0.932. The van der Waals surface area contributed by atoms with E-state index in [1.807, 2.05) is 30.3 Å². The van der Waals surface area contributed by atoms with E-state index in [0.29, 0.717) is 6.61 Å². The van der Waals surface area contributed by atoms with Crippen LogP contribution >= 0.6 is 0 Å². The van der Waals surface area contributed by atoms with Crippen LogP contribution < -0.4 is 10.5 Å².